The molecule has 0 amide bonds. The Hall–Kier alpha value is -1.95. The third-order valence-corrected chi connectivity index (χ3v) is 2.25. The molecule has 2 aromatic rings. The third-order valence-electron chi connectivity index (χ3n) is 2.01. The average molecular weight is 248 g/mol. The quantitative estimate of drug-likeness (QED) is 0.808. The molecule has 6 heteroatoms. The molecule has 1 aromatic carbocycles. The Labute approximate surface area is 104 Å². The predicted octanol–water partition coefficient (Wildman–Crippen LogP) is 1.86. The van der Waals surface area contributed by atoms with Gasteiger partial charge in [-0.3, -0.25) is 0 Å². The van der Waals surface area contributed by atoms with Gasteiger partial charge in [-0.25, -0.2) is 0 Å². The summed E-state index contributed by atoms with van der Waals surface area (Å²) in [5, 5.41) is 10.3. The van der Waals surface area contributed by atoms with E-state index >= 15 is 0 Å². The van der Waals surface area contributed by atoms with Gasteiger partial charge in [0.05, 0.1) is 6.54 Å². The molecule has 0 fully saturated rings. The minimum Gasteiger partial charge on any atom is -0.355 e. The van der Waals surface area contributed by atoms with Gasteiger partial charge in [0.15, 0.2) is 10.9 Å². The van der Waals surface area contributed by atoms with Crippen LogP contribution in [0.2, 0.25) is 0 Å². The van der Waals surface area contributed by atoms with Crippen molar-refractivity contribution in [2.45, 2.75) is 13.5 Å². The average Bonchev–Trinajstić information content (AvgIpc) is 2.74. The molecule has 17 heavy (non-hydrogen) atoms. The number of rotatable bonds is 3. The van der Waals surface area contributed by atoms with Gasteiger partial charge in [-0.05, 0) is 24.4 Å². The van der Waals surface area contributed by atoms with Crippen molar-refractivity contribution in [2.24, 2.45) is 0 Å². The Bertz CT molecular complexity index is 497. The maximum atomic E-state index is 5.13. The van der Waals surface area contributed by atoms with E-state index in [0.717, 1.165) is 5.69 Å². The molecule has 2 N–H and O–H groups in total. The summed E-state index contributed by atoms with van der Waals surface area (Å²) in [7, 11) is 0. The van der Waals surface area contributed by atoms with Gasteiger partial charge < -0.3 is 15.2 Å². The van der Waals surface area contributed by atoms with Gasteiger partial charge in [0.1, 0.15) is 0 Å². The predicted molar refractivity (Wildman–Crippen MR) is 68.5 cm³/mol. The maximum Gasteiger partial charge on any atom is 0.223 e. The van der Waals surface area contributed by atoms with E-state index in [1.807, 2.05) is 30.3 Å². The number of nitrogens with zero attached hydrogens (tertiary/aromatic N) is 2. The second-order valence-electron chi connectivity index (χ2n) is 3.40. The summed E-state index contributed by atoms with van der Waals surface area (Å²) in [5.74, 6) is 1.13. The second kappa shape index (κ2) is 5.40. The van der Waals surface area contributed by atoms with E-state index in [1.165, 1.54) is 0 Å². The highest BCUT2D eigenvalue weighted by molar-refractivity contribution is 7.80. The summed E-state index contributed by atoms with van der Waals surface area (Å²) >= 11 is 5.13. The Morgan fingerprint density at radius 1 is 1.35 bits per heavy atom. The van der Waals surface area contributed by atoms with Crippen LogP contribution in [-0.2, 0) is 6.54 Å². The largest absolute Gasteiger partial charge is 0.355 e. The second-order valence-corrected chi connectivity index (χ2v) is 3.81. The summed E-state index contributed by atoms with van der Waals surface area (Å²) in [6.07, 6.45) is 0. The fourth-order valence-corrected chi connectivity index (χ4v) is 1.46. The lowest BCUT2D eigenvalue weighted by atomic mass is 10.3. The van der Waals surface area contributed by atoms with Crippen molar-refractivity contribution in [1.82, 2.24) is 15.5 Å². The first-order chi connectivity index (χ1) is 8.24. The highest BCUT2D eigenvalue weighted by atomic mass is 32.1. The number of aryl methyl sites for hydroxylation is 1. The Morgan fingerprint density at radius 3 is 2.76 bits per heavy atom. The smallest absolute Gasteiger partial charge is 0.223 e. The molecule has 0 aliphatic carbocycles. The number of benzene rings is 1. The van der Waals surface area contributed by atoms with E-state index in [0.29, 0.717) is 23.4 Å². The third kappa shape index (κ3) is 3.53. The lowest BCUT2D eigenvalue weighted by molar-refractivity contribution is 0.387. The monoisotopic (exact) mass is 248 g/mol. The van der Waals surface area contributed by atoms with Crippen molar-refractivity contribution >= 4 is 23.0 Å². The first kappa shape index (κ1) is 11.5. The zero-order valence-corrected chi connectivity index (χ0v) is 10.1. The molecule has 0 aliphatic rings. The minimum absolute atomic E-state index is 0.440. The van der Waals surface area contributed by atoms with Crippen LogP contribution in [0, 0.1) is 6.92 Å². The van der Waals surface area contributed by atoms with Crippen LogP contribution in [0.15, 0.2) is 34.9 Å². The normalized spacial score (nSPS) is 9.94. The number of nitrogens with one attached hydrogen (secondary N) is 2. The highest BCUT2D eigenvalue weighted by Crippen LogP contribution is 2.04. The molecule has 0 unspecified atom stereocenters. The Kier molecular flexibility index (Phi) is 3.66. The van der Waals surface area contributed by atoms with Gasteiger partial charge in [-0.1, -0.05) is 23.4 Å². The van der Waals surface area contributed by atoms with Gasteiger partial charge in [-0.15, -0.1) is 0 Å². The maximum absolute atomic E-state index is 5.13. The Balaban J connectivity index is 1.82. The van der Waals surface area contributed by atoms with Crippen molar-refractivity contribution in [1.29, 1.82) is 0 Å². The van der Waals surface area contributed by atoms with Crippen LogP contribution in [0.25, 0.3) is 0 Å². The van der Waals surface area contributed by atoms with Crippen LogP contribution in [0.1, 0.15) is 11.7 Å². The number of thiocarbonyl (C=S) groups is 1. The molecule has 0 bridgehead atoms. The van der Waals surface area contributed by atoms with Gasteiger partial charge in [0.25, 0.3) is 0 Å². The number of para-hydroxylation sites is 1. The van der Waals surface area contributed by atoms with Crippen LogP contribution in [0.4, 0.5) is 5.69 Å². The van der Waals surface area contributed by atoms with E-state index in [4.69, 9.17) is 16.7 Å². The number of hydrogen-bond acceptors (Lipinski definition) is 4. The fraction of sp³-hybridized carbons (Fsp3) is 0.182. The zero-order valence-electron chi connectivity index (χ0n) is 9.30. The van der Waals surface area contributed by atoms with E-state index in [2.05, 4.69) is 20.8 Å². The minimum atomic E-state index is 0.440. The van der Waals surface area contributed by atoms with Crippen LogP contribution in [0.5, 0.6) is 0 Å². The molecule has 0 radical (unpaired) electrons. The summed E-state index contributed by atoms with van der Waals surface area (Å²) in [6.45, 7) is 2.19. The van der Waals surface area contributed by atoms with E-state index in [9.17, 15) is 0 Å². The number of hydrogen-bond donors (Lipinski definition) is 2. The lowest BCUT2D eigenvalue weighted by Gasteiger charge is -2.08. The Morgan fingerprint density at radius 2 is 2.12 bits per heavy atom. The summed E-state index contributed by atoms with van der Waals surface area (Å²) in [6, 6.07) is 9.70. The van der Waals surface area contributed by atoms with Gasteiger partial charge >= 0.3 is 0 Å². The van der Waals surface area contributed by atoms with Crippen molar-refractivity contribution < 1.29 is 4.52 Å². The van der Waals surface area contributed by atoms with Crippen LogP contribution in [0.3, 0.4) is 0 Å². The molecular weight excluding hydrogens is 236 g/mol. The number of anilines is 1. The lowest BCUT2D eigenvalue weighted by Crippen LogP contribution is -2.28. The summed E-state index contributed by atoms with van der Waals surface area (Å²) in [4.78, 5) is 4.06. The van der Waals surface area contributed by atoms with Crippen LogP contribution in [-0.4, -0.2) is 15.3 Å². The van der Waals surface area contributed by atoms with Crippen molar-refractivity contribution in [2.75, 3.05) is 5.32 Å². The first-order valence-electron chi connectivity index (χ1n) is 5.13. The standard InChI is InChI=1S/C11H12N4OS/c1-8-13-10(15-16-8)7-12-11(17)14-9-5-3-2-4-6-9/h2-6H,7H2,1H3,(H2,12,14,17). The van der Waals surface area contributed by atoms with Crippen molar-refractivity contribution in [3.8, 4) is 0 Å². The molecule has 1 aromatic heterocycles. The SMILES string of the molecule is Cc1nc(CNC(=S)Nc2ccccc2)no1. The molecule has 2 rings (SSSR count). The summed E-state index contributed by atoms with van der Waals surface area (Å²) in [5.41, 5.74) is 0.939. The number of aromatic nitrogens is 2. The van der Waals surface area contributed by atoms with Crippen LogP contribution >= 0.6 is 12.2 Å². The van der Waals surface area contributed by atoms with Gasteiger partial charge in [0, 0.05) is 12.6 Å². The molecule has 0 saturated heterocycles. The highest BCUT2D eigenvalue weighted by Gasteiger charge is 2.02. The van der Waals surface area contributed by atoms with E-state index in [-0.39, 0.29) is 0 Å². The zero-order chi connectivity index (χ0) is 12.1. The van der Waals surface area contributed by atoms with Gasteiger partial charge in [0.2, 0.25) is 5.89 Å². The molecule has 5 nitrogen and oxygen atoms in total. The van der Waals surface area contributed by atoms with Crippen molar-refractivity contribution in [3.63, 3.8) is 0 Å². The van der Waals surface area contributed by atoms with E-state index in [1.54, 1.807) is 6.92 Å². The van der Waals surface area contributed by atoms with Crippen molar-refractivity contribution in [3.05, 3.63) is 42.0 Å². The molecule has 1 heterocycles. The topological polar surface area (TPSA) is 63.0 Å². The molecule has 0 spiro atoms. The molecule has 0 saturated carbocycles. The first-order valence-corrected chi connectivity index (χ1v) is 5.54. The van der Waals surface area contributed by atoms with E-state index < -0.39 is 0 Å². The molecule has 0 atom stereocenters. The summed E-state index contributed by atoms with van der Waals surface area (Å²) < 4.78 is 4.85. The molecular formula is C11H12N4OS. The van der Waals surface area contributed by atoms with Gasteiger partial charge in [-0.2, -0.15) is 4.98 Å². The van der Waals surface area contributed by atoms with Crippen LogP contribution < -0.4 is 10.6 Å². The molecule has 88 valence electrons. The fourth-order valence-electron chi connectivity index (χ4n) is 1.27. The molecule has 0 aliphatic heterocycles.